The number of carboxylic acid groups (broad SMARTS) is 1. The maximum atomic E-state index is 11.5. The first-order chi connectivity index (χ1) is 9.74. The topological polar surface area (TPSA) is 79.5 Å². The van der Waals surface area contributed by atoms with Crippen LogP contribution in [0.2, 0.25) is 0 Å². The molecule has 4 unspecified atom stereocenters. The summed E-state index contributed by atoms with van der Waals surface area (Å²) in [6.45, 7) is 0. The molecule has 6 nitrogen and oxygen atoms in total. The Labute approximate surface area is 115 Å². The van der Waals surface area contributed by atoms with Crippen molar-refractivity contribution in [2.24, 2.45) is 17.8 Å². The Morgan fingerprint density at radius 1 is 1.35 bits per heavy atom. The molecular formula is C14H16N4O2. The van der Waals surface area contributed by atoms with E-state index in [9.17, 15) is 9.90 Å². The Hall–Kier alpha value is -2.11. The fourth-order valence-corrected chi connectivity index (χ4v) is 3.98. The van der Waals surface area contributed by atoms with Gasteiger partial charge in [-0.25, -0.2) is 9.50 Å². The summed E-state index contributed by atoms with van der Waals surface area (Å²) in [6.07, 6.45) is 8.38. The van der Waals surface area contributed by atoms with Crippen molar-refractivity contribution in [1.29, 1.82) is 0 Å². The lowest BCUT2D eigenvalue weighted by Gasteiger charge is -2.29. The van der Waals surface area contributed by atoms with Crippen molar-refractivity contribution in [3.05, 3.63) is 24.7 Å². The van der Waals surface area contributed by atoms with Gasteiger partial charge in [-0.05, 0) is 37.2 Å². The first-order valence-electron chi connectivity index (χ1n) is 7.02. The van der Waals surface area contributed by atoms with E-state index < -0.39 is 5.97 Å². The number of carboxylic acids is 1. The lowest BCUT2D eigenvalue weighted by atomic mass is 9.84. The minimum atomic E-state index is -0.685. The molecule has 0 radical (unpaired) electrons. The van der Waals surface area contributed by atoms with E-state index in [1.807, 2.05) is 6.07 Å². The highest BCUT2D eigenvalue weighted by Crippen LogP contribution is 2.49. The van der Waals surface area contributed by atoms with E-state index in [1.165, 1.54) is 0 Å². The average Bonchev–Trinajstić information content (AvgIpc) is 3.13. The van der Waals surface area contributed by atoms with Crippen molar-refractivity contribution in [1.82, 2.24) is 14.6 Å². The molecule has 4 rings (SSSR count). The van der Waals surface area contributed by atoms with Gasteiger partial charge in [-0.2, -0.15) is 5.10 Å². The molecule has 2 aromatic rings. The summed E-state index contributed by atoms with van der Waals surface area (Å²) in [5, 5.41) is 17.0. The molecule has 2 saturated carbocycles. The lowest BCUT2D eigenvalue weighted by molar-refractivity contribution is -0.143. The maximum absolute atomic E-state index is 11.5. The van der Waals surface area contributed by atoms with Gasteiger partial charge >= 0.3 is 5.97 Å². The Kier molecular flexibility index (Phi) is 2.45. The monoisotopic (exact) mass is 272 g/mol. The van der Waals surface area contributed by atoms with E-state index >= 15 is 0 Å². The number of nitrogens with zero attached hydrogens (tertiary/aromatic N) is 3. The van der Waals surface area contributed by atoms with E-state index in [2.05, 4.69) is 15.4 Å². The molecule has 2 N–H and O–H groups in total. The van der Waals surface area contributed by atoms with Crippen LogP contribution >= 0.6 is 0 Å². The van der Waals surface area contributed by atoms with Gasteiger partial charge in [0.05, 0.1) is 12.1 Å². The molecule has 4 atom stereocenters. The molecule has 2 fully saturated rings. The third-order valence-electron chi connectivity index (χ3n) is 4.83. The lowest BCUT2D eigenvalue weighted by Crippen LogP contribution is -2.39. The number of hydrogen-bond donors (Lipinski definition) is 2. The summed E-state index contributed by atoms with van der Waals surface area (Å²) < 4.78 is 1.75. The second kappa shape index (κ2) is 4.19. The highest BCUT2D eigenvalue weighted by molar-refractivity contribution is 5.74. The van der Waals surface area contributed by atoms with E-state index in [0.29, 0.717) is 11.8 Å². The van der Waals surface area contributed by atoms with Crippen LogP contribution in [0.15, 0.2) is 24.7 Å². The number of nitrogens with one attached hydrogen (secondary N) is 1. The van der Waals surface area contributed by atoms with Crippen molar-refractivity contribution in [2.75, 3.05) is 5.32 Å². The highest BCUT2D eigenvalue weighted by atomic mass is 16.4. The zero-order valence-electron chi connectivity index (χ0n) is 10.9. The zero-order chi connectivity index (χ0) is 13.7. The summed E-state index contributed by atoms with van der Waals surface area (Å²) in [4.78, 5) is 15.9. The van der Waals surface area contributed by atoms with E-state index in [0.717, 1.165) is 30.6 Å². The number of aromatic nitrogens is 3. The van der Waals surface area contributed by atoms with Gasteiger partial charge in [-0.3, -0.25) is 4.79 Å². The minimum Gasteiger partial charge on any atom is -0.481 e. The van der Waals surface area contributed by atoms with Crippen molar-refractivity contribution in [3.8, 4) is 0 Å². The van der Waals surface area contributed by atoms with Crippen molar-refractivity contribution < 1.29 is 9.90 Å². The van der Waals surface area contributed by atoms with Crippen LogP contribution in [0.5, 0.6) is 0 Å². The van der Waals surface area contributed by atoms with Gasteiger partial charge in [0.25, 0.3) is 0 Å². The summed E-state index contributed by atoms with van der Waals surface area (Å²) in [6, 6.07) is 1.87. The van der Waals surface area contributed by atoms with E-state index in [4.69, 9.17) is 0 Å². The predicted octanol–water partition coefficient (Wildman–Crippen LogP) is 1.64. The molecule has 2 aromatic heterocycles. The number of aliphatic carboxylic acids is 1. The fraction of sp³-hybridized carbons (Fsp3) is 0.500. The van der Waals surface area contributed by atoms with Gasteiger partial charge in [-0.1, -0.05) is 0 Å². The van der Waals surface area contributed by atoms with Crippen LogP contribution in [0.3, 0.4) is 0 Å². The van der Waals surface area contributed by atoms with Crippen LogP contribution in [-0.2, 0) is 4.79 Å². The third kappa shape index (κ3) is 1.60. The average molecular weight is 272 g/mol. The molecular weight excluding hydrogens is 256 g/mol. The summed E-state index contributed by atoms with van der Waals surface area (Å²) in [7, 11) is 0. The number of fused-ring (bicyclic) bond motifs is 3. The van der Waals surface area contributed by atoms with Gasteiger partial charge in [0, 0.05) is 18.4 Å². The Balaban J connectivity index is 1.68. The van der Waals surface area contributed by atoms with E-state index in [-0.39, 0.29) is 12.0 Å². The van der Waals surface area contributed by atoms with Crippen LogP contribution in [0, 0.1) is 17.8 Å². The van der Waals surface area contributed by atoms with Crippen LogP contribution in [0.25, 0.3) is 5.52 Å². The molecule has 0 saturated heterocycles. The normalized spacial score (nSPS) is 31.8. The van der Waals surface area contributed by atoms with E-state index in [1.54, 1.807) is 23.1 Å². The maximum Gasteiger partial charge on any atom is 0.308 e. The molecule has 2 bridgehead atoms. The summed E-state index contributed by atoms with van der Waals surface area (Å²) >= 11 is 0. The van der Waals surface area contributed by atoms with Crippen LogP contribution in [-0.4, -0.2) is 31.7 Å². The first kappa shape index (κ1) is 11.7. The molecule has 6 heteroatoms. The largest absolute Gasteiger partial charge is 0.481 e. The molecule has 2 aliphatic rings. The fourth-order valence-electron chi connectivity index (χ4n) is 3.98. The number of carbonyl (C=O) groups is 1. The first-order valence-corrected chi connectivity index (χ1v) is 7.02. The van der Waals surface area contributed by atoms with Crippen LogP contribution in [0.1, 0.15) is 19.3 Å². The molecule has 0 amide bonds. The zero-order valence-corrected chi connectivity index (χ0v) is 10.9. The predicted molar refractivity (Wildman–Crippen MR) is 72.4 cm³/mol. The number of rotatable bonds is 3. The van der Waals surface area contributed by atoms with Crippen LogP contribution < -0.4 is 5.32 Å². The highest BCUT2D eigenvalue weighted by Gasteiger charge is 2.51. The van der Waals surface area contributed by atoms with Crippen molar-refractivity contribution in [2.45, 2.75) is 25.3 Å². The molecule has 2 heterocycles. The molecule has 0 aromatic carbocycles. The number of hydrogen-bond acceptors (Lipinski definition) is 4. The van der Waals surface area contributed by atoms with Gasteiger partial charge in [0.2, 0.25) is 0 Å². The van der Waals surface area contributed by atoms with Crippen LogP contribution in [0.4, 0.5) is 5.82 Å². The Morgan fingerprint density at radius 3 is 3.05 bits per heavy atom. The van der Waals surface area contributed by atoms with Gasteiger partial charge in [0.1, 0.15) is 5.52 Å². The second-order valence-corrected chi connectivity index (χ2v) is 5.80. The third-order valence-corrected chi connectivity index (χ3v) is 4.83. The Bertz CT molecular complexity index is 668. The SMILES string of the molecule is O=C(O)C1C2CCC(C2)C1Nc1nccn2nccc12. The van der Waals surface area contributed by atoms with Gasteiger partial charge in [-0.15, -0.1) is 0 Å². The molecule has 20 heavy (non-hydrogen) atoms. The standard InChI is InChI=1S/C14H16N4O2/c19-14(20)11-8-1-2-9(7-8)12(11)17-13-10-3-4-16-18(10)6-5-15-13/h3-6,8-9,11-12H,1-2,7H2,(H,15,17)(H,19,20). The molecule has 0 spiro atoms. The number of anilines is 1. The van der Waals surface area contributed by atoms with Crippen molar-refractivity contribution >= 4 is 17.3 Å². The van der Waals surface area contributed by atoms with Gasteiger partial charge < -0.3 is 10.4 Å². The minimum absolute atomic E-state index is 0.0140. The molecule has 0 aliphatic heterocycles. The smallest absolute Gasteiger partial charge is 0.308 e. The second-order valence-electron chi connectivity index (χ2n) is 5.80. The summed E-state index contributed by atoms with van der Waals surface area (Å²) in [5.41, 5.74) is 0.888. The molecule has 104 valence electrons. The van der Waals surface area contributed by atoms with Gasteiger partial charge in [0.15, 0.2) is 5.82 Å². The molecule has 2 aliphatic carbocycles. The Morgan fingerprint density at radius 2 is 2.20 bits per heavy atom. The van der Waals surface area contributed by atoms with Crippen molar-refractivity contribution in [3.63, 3.8) is 0 Å². The summed E-state index contributed by atoms with van der Waals surface area (Å²) in [5.74, 6) is 0.522. The quantitative estimate of drug-likeness (QED) is 0.888.